The number of phosphoric ester groups is 1. The average Bonchev–Trinajstić information content (AvgIpc) is 3.28. The van der Waals surface area contributed by atoms with Crippen molar-refractivity contribution in [1.82, 2.24) is 0 Å². The second kappa shape index (κ2) is 34.2. The molecule has 1 saturated carbocycles. The molecule has 0 spiro atoms. The van der Waals surface area contributed by atoms with E-state index in [1.165, 1.54) is 24.3 Å². The lowest BCUT2D eigenvalue weighted by molar-refractivity contribution is -0.167. The summed E-state index contributed by atoms with van der Waals surface area (Å²) in [6.07, 6.45) is 16.3. The molecule has 16 nitrogen and oxygen atoms in total. The minimum absolute atomic E-state index is 0.0189. The van der Waals surface area contributed by atoms with Crippen LogP contribution in [0.1, 0.15) is 123 Å². The van der Waals surface area contributed by atoms with Gasteiger partial charge in [-0.05, 0) is 64.2 Å². The van der Waals surface area contributed by atoms with Crippen molar-refractivity contribution in [3.05, 3.63) is 85.1 Å². The highest BCUT2D eigenvalue weighted by Crippen LogP contribution is 2.47. The lowest BCUT2D eigenvalue weighted by Crippen LogP contribution is -2.55. The van der Waals surface area contributed by atoms with E-state index in [1.54, 1.807) is 0 Å². The van der Waals surface area contributed by atoms with Gasteiger partial charge in [-0.25, -0.2) is 4.57 Å². The number of allylic oxidation sites excluding steroid dienone is 11. The molecule has 1 fully saturated rings. The summed E-state index contributed by atoms with van der Waals surface area (Å²) in [6.45, 7) is 2.63. The zero-order valence-electron chi connectivity index (χ0n) is 38.8. The van der Waals surface area contributed by atoms with Gasteiger partial charge in [0.2, 0.25) is 0 Å². The highest BCUT2D eigenvalue weighted by atomic mass is 31.2. The van der Waals surface area contributed by atoms with Crippen molar-refractivity contribution in [3.8, 4) is 0 Å². The number of carbonyl (C=O) groups excluding carboxylic acids is 2. The quantitative estimate of drug-likeness (QED) is 0.0274. The lowest BCUT2D eigenvalue weighted by Gasteiger charge is -2.37. The normalized spacial score (nSPS) is 32.5. The van der Waals surface area contributed by atoms with Crippen LogP contribution in [0.5, 0.6) is 0 Å². The number of esters is 2. The van der Waals surface area contributed by atoms with Crippen LogP contribution in [0.25, 0.3) is 0 Å². The van der Waals surface area contributed by atoms with Crippen molar-refractivity contribution < 1.29 is 78.4 Å². The first-order chi connectivity index (χ1) is 31.6. The van der Waals surface area contributed by atoms with Gasteiger partial charge in [-0.15, -0.1) is 0 Å². The number of aliphatic hydroxyl groups is 8. The first-order valence-electron chi connectivity index (χ1n) is 23.6. The van der Waals surface area contributed by atoms with E-state index in [1.807, 2.05) is 6.92 Å². The van der Waals surface area contributed by atoms with Crippen molar-refractivity contribution in [1.29, 1.82) is 0 Å². The Morgan fingerprint density at radius 3 is 2.02 bits per heavy atom. The Kier molecular flexibility index (Phi) is 30.6. The Bertz CT molecular complexity index is 1610. The molecule has 1 unspecified atom stereocenters. The number of cyclic esters (lactones) is 1. The van der Waals surface area contributed by atoms with Crippen molar-refractivity contribution in [2.24, 2.45) is 11.8 Å². The molecule has 13 atom stereocenters. The number of rotatable bonds is 22. The summed E-state index contributed by atoms with van der Waals surface area (Å²) in [5.41, 5.74) is 0. The predicted octanol–water partition coefficient (Wildman–Crippen LogP) is 5.66. The number of ether oxygens (including phenoxy) is 2. The Hall–Kier alpha value is -3.09. The third kappa shape index (κ3) is 24.3. The fourth-order valence-electron chi connectivity index (χ4n) is 7.40. The van der Waals surface area contributed by atoms with E-state index in [0.717, 1.165) is 57.8 Å². The van der Waals surface area contributed by atoms with Crippen LogP contribution in [0.2, 0.25) is 0 Å². The summed E-state index contributed by atoms with van der Waals surface area (Å²) >= 11 is 0. The van der Waals surface area contributed by atoms with Crippen LogP contribution in [-0.4, -0.2) is 132 Å². The molecule has 0 saturated heterocycles. The SMILES string of the molecule is CC/C=C\C/C=C\C/C=C\C/C=C\C/C=C\CCCCCC(=O)O[C@@H]1COC(=O)C/C=C\C[C@H]2[C@@H](O)[C@H](O)[C@@H](O)[C@H](OP(=O)(O)OC1)[C@H](O)[C@H](O)[C@@H](/C=C/[C@H](O)CCCCC)[C@H](O)C[C@@H]2O. The Morgan fingerprint density at radius 1 is 0.758 bits per heavy atom. The first-order valence-corrected chi connectivity index (χ1v) is 25.1. The lowest BCUT2D eigenvalue weighted by atomic mass is 9.83. The first kappa shape index (κ1) is 59.0. The predicted molar refractivity (Wildman–Crippen MR) is 250 cm³/mol. The molecule has 1 heterocycles. The molecular weight excluding hydrogens is 875 g/mol. The summed E-state index contributed by atoms with van der Waals surface area (Å²) in [6, 6.07) is 0. The fourth-order valence-corrected chi connectivity index (χ4v) is 8.38. The van der Waals surface area contributed by atoms with Crippen LogP contribution >= 0.6 is 7.82 Å². The monoisotopic (exact) mass is 955 g/mol. The van der Waals surface area contributed by atoms with Crippen molar-refractivity contribution in [2.45, 2.75) is 184 Å². The van der Waals surface area contributed by atoms with Crippen LogP contribution in [0.15, 0.2) is 85.1 Å². The second-order valence-corrected chi connectivity index (χ2v) is 18.3. The number of aliphatic hydroxyl groups excluding tert-OH is 8. The van der Waals surface area contributed by atoms with E-state index < -0.39 is 112 Å². The van der Waals surface area contributed by atoms with E-state index in [9.17, 15) is 59.9 Å². The molecule has 2 rings (SSSR count). The van der Waals surface area contributed by atoms with Gasteiger partial charge in [0.05, 0.1) is 43.5 Å². The van der Waals surface area contributed by atoms with Crippen molar-refractivity contribution in [2.75, 3.05) is 13.2 Å². The molecule has 2 bridgehead atoms. The molecule has 0 radical (unpaired) electrons. The molecule has 0 aromatic rings. The van der Waals surface area contributed by atoms with Crippen molar-refractivity contribution in [3.63, 3.8) is 0 Å². The summed E-state index contributed by atoms with van der Waals surface area (Å²) in [4.78, 5) is 36.4. The molecule has 17 heteroatoms. The maximum absolute atomic E-state index is 13.5. The Morgan fingerprint density at radius 2 is 1.38 bits per heavy atom. The van der Waals surface area contributed by atoms with Gasteiger partial charge in [-0.2, -0.15) is 0 Å². The van der Waals surface area contributed by atoms with Crippen LogP contribution in [-0.2, 0) is 32.7 Å². The van der Waals surface area contributed by atoms with Crippen LogP contribution in [0, 0.1) is 11.8 Å². The summed E-state index contributed by atoms with van der Waals surface area (Å²) < 4.78 is 34.5. The summed E-state index contributed by atoms with van der Waals surface area (Å²) in [5, 5.41) is 89.7. The molecular formula is C49H79O16P. The topological polar surface area (TPSA) is 270 Å². The molecule has 376 valence electrons. The second-order valence-electron chi connectivity index (χ2n) is 16.9. The molecule has 0 aromatic heterocycles. The highest BCUT2D eigenvalue weighted by Gasteiger charge is 2.49. The molecule has 2 aliphatic rings. The standard InChI is InChI=1S/C49H79O16P/c1-3-5-7-8-9-10-11-12-13-14-15-16-17-18-19-20-21-22-24-30-43(54)64-37-34-62-42(53)29-26-25-28-38-40(51)33-41(52)39(32-31-36(50)27-23-6-4-2)45(56)47(58)49(48(59)46(57)44(38)55)65-66(60,61)63-35-37/h5,7,9-10,12-13,15-16,18-19,25-26,31-32,36-41,44-52,55-59H,3-4,6,8,11,14,17,20-24,27-30,33-35H2,1-2H3,(H,60,61)/b7-5-,10-9-,13-12-,16-15-,19-18-,26-25-,32-31+/t36-,37-,38-,39+,40+,41-,44-,45-,46+,47-,48-,49-/m1/s1. The number of fused-ring (bicyclic) bond motifs is 4. The molecule has 1 aliphatic heterocycles. The zero-order chi connectivity index (χ0) is 48.7. The molecule has 0 aromatic carbocycles. The van der Waals surface area contributed by atoms with E-state index in [-0.39, 0.29) is 19.3 Å². The fraction of sp³-hybridized carbons (Fsp3) is 0.673. The third-order valence-corrected chi connectivity index (χ3v) is 12.3. The van der Waals surface area contributed by atoms with Gasteiger partial charge in [0.15, 0.2) is 6.10 Å². The van der Waals surface area contributed by atoms with Gasteiger partial charge in [0, 0.05) is 24.7 Å². The van der Waals surface area contributed by atoms with Gasteiger partial charge in [0.1, 0.15) is 31.0 Å². The van der Waals surface area contributed by atoms with E-state index in [4.69, 9.17) is 18.5 Å². The maximum Gasteiger partial charge on any atom is 0.472 e. The molecule has 0 amide bonds. The minimum atomic E-state index is -5.45. The molecule has 1 aliphatic carbocycles. The smallest absolute Gasteiger partial charge is 0.461 e. The molecule has 66 heavy (non-hydrogen) atoms. The van der Waals surface area contributed by atoms with Gasteiger partial charge < -0.3 is 55.2 Å². The third-order valence-electron chi connectivity index (χ3n) is 11.3. The number of hydrogen-bond donors (Lipinski definition) is 9. The van der Waals surface area contributed by atoms with Crippen molar-refractivity contribution >= 4 is 19.8 Å². The van der Waals surface area contributed by atoms with Crippen LogP contribution in [0.3, 0.4) is 0 Å². The largest absolute Gasteiger partial charge is 0.472 e. The number of hydrogen-bond acceptors (Lipinski definition) is 15. The highest BCUT2D eigenvalue weighted by molar-refractivity contribution is 7.47. The summed E-state index contributed by atoms with van der Waals surface area (Å²) in [7, 11) is -5.45. The van der Waals surface area contributed by atoms with Gasteiger partial charge in [-0.1, -0.05) is 125 Å². The zero-order valence-corrected chi connectivity index (χ0v) is 39.7. The summed E-state index contributed by atoms with van der Waals surface area (Å²) in [5.74, 6) is -4.33. The van der Waals surface area contributed by atoms with Crippen LogP contribution < -0.4 is 0 Å². The van der Waals surface area contributed by atoms with E-state index in [0.29, 0.717) is 25.7 Å². The minimum Gasteiger partial charge on any atom is -0.461 e. The number of phosphoric acid groups is 1. The number of unbranched alkanes of at least 4 members (excludes halogenated alkanes) is 5. The maximum atomic E-state index is 13.5. The van der Waals surface area contributed by atoms with Gasteiger partial charge in [-0.3, -0.25) is 18.6 Å². The average molecular weight is 955 g/mol. The Labute approximate surface area is 391 Å². The number of carbonyl (C=O) groups is 2. The van der Waals surface area contributed by atoms with E-state index >= 15 is 0 Å². The van der Waals surface area contributed by atoms with Gasteiger partial charge in [0.25, 0.3) is 0 Å². The van der Waals surface area contributed by atoms with E-state index in [2.05, 4.69) is 67.7 Å². The Balaban J connectivity index is 2.11. The van der Waals surface area contributed by atoms with Crippen LogP contribution in [0.4, 0.5) is 0 Å². The molecule has 9 N–H and O–H groups in total. The van der Waals surface area contributed by atoms with Gasteiger partial charge >= 0.3 is 19.8 Å².